The molecule has 0 amide bonds. The van der Waals surface area contributed by atoms with E-state index in [-0.39, 0.29) is 12.1 Å². The number of aromatic nitrogens is 1. The third kappa shape index (κ3) is 4.90. The summed E-state index contributed by atoms with van der Waals surface area (Å²) in [6.45, 7) is 10.5. The molecule has 0 saturated carbocycles. The molecule has 0 aliphatic rings. The minimum absolute atomic E-state index is 0.0358. The SMILES string of the molecule is Cc1c[nH]c2cccc(OC[C@@H](O)C[NH+](Cc3ccccc3)C(C)(C)C)c12. The number of hydrogen-bond donors (Lipinski definition) is 3. The number of nitrogens with one attached hydrogen (secondary N) is 2. The molecule has 144 valence electrons. The predicted molar refractivity (Wildman–Crippen MR) is 110 cm³/mol. The van der Waals surface area contributed by atoms with Crippen molar-refractivity contribution in [1.29, 1.82) is 0 Å². The van der Waals surface area contributed by atoms with Crippen molar-refractivity contribution in [3.8, 4) is 5.75 Å². The third-order valence-electron chi connectivity index (χ3n) is 5.10. The highest BCUT2D eigenvalue weighted by Crippen LogP contribution is 2.28. The molecule has 1 unspecified atom stereocenters. The average Bonchev–Trinajstić information content (AvgIpc) is 3.01. The Balaban J connectivity index is 1.65. The summed E-state index contributed by atoms with van der Waals surface area (Å²) < 4.78 is 6.00. The molecule has 4 heteroatoms. The van der Waals surface area contributed by atoms with Crippen LogP contribution in [0.2, 0.25) is 0 Å². The quantitative estimate of drug-likeness (QED) is 0.601. The van der Waals surface area contributed by atoms with Gasteiger partial charge in [0, 0.05) is 22.7 Å². The number of aliphatic hydroxyl groups excluding tert-OH is 1. The molecule has 0 aliphatic heterocycles. The Kier molecular flexibility index (Phi) is 5.88. The maximum atomic E-state index is 10.7. The van der Waals surface area contributed by atoms with Crippen LogP contribution in [0.1, 0.15) is 31.9 Å². The molecule has 3 aromatic rings. The summed E-state index contributed by atoms with van der Waals surface area (Å²) in [5, 5.41) is 11.8. The number of ether oxygens (including phenoxy) is 1. The number of benzene rings is 2. The Hall–Kier alpha value is -2.30. The molecule has 2 atom stereocenters. The van der Waals surface area contributed by atoms with Crippen LogP contribution in [0.5, 0.6) is 5.75 Å². The van der Waals surface area contributed by atoms with Crippen LogP contribution in [-0.4, -0.2) is 34.9 Å². The van der Waals surface area contributed by atoms with Gasteiger partial charge in [-0.2, -0.15) is 0 Å². The zero-order valence-corrected chi connectivity index (χ0v) is 16.8. The molecular formula is C23H31N2O2+. The van der Waals surface area contributed by atoms with E-state index in [1.165, 1.54) is 10.5 Å². The van der Waals surface area contributed by atoms with E-state index in [9.17, 15) is 5.11 Å². The summed E-state index contributed by atoms with van der Waals surface area (Å²) in [4.78, 5) is 4.58. The topological polar surface area (TPSA) is 49.7 Å². The van der Waals surface area contributed by atoms with Crippen molar-refractivity contribution in [1.82, 2.24) is 4.98 Å². The first-order valence-corrected chi connectivity index (χ1v) is 9.61. The zero-order valence-electron chi connectivity index (χ0n) is 16.8. The van der Waals surface area contributed by atoms with Gasteiger partial charge in [0.2, 0.25) is 0 Å². The van der Waals surface area contributed by atoms with Crippen molar-refractivity contribution >= 4 is 10.9 Å². The summed E-state index contributed by atoms with van der Waals surface area (Å²) >= 11 is 0. The molecule has 0 fully saturated rings. The number of rotatable bonds is 7. The fraction of sp³-hybridized carbons (Fsp3) is 0.391. The standard InChI is InChI=1S/C23H30N2O2/c1-17-13-24-20-11-8-12-21(22(17)20)27-16-19(26)15-25(23(2,3)4)14-18-9-6-5-7-10-18/h5-13,19,24,26H,14-16H2,1-4H3/p+1/t19-/m0/s1. The fourth-order valence-corrected chi connectivity index (χ4v) is 3.45. The Labute approximate surface area is 161 Å². The Morgan fingerprint density at radius 3 is 2.52 bits per heavy atom. The van der Waals surface area contributed by atoms with Crippen LogP contribution >= 0.6 is 0 Å². The number of quaternary nitrogens is 1. The van der Waals surface area contributed by atoms with Gasteiger partial charge in [-0.1, -0.05) is 36.4 Å². The molecule has 0 spiro atoms. The lowest BCUT2D eigenvalue weighted by molar-refractivity contribution is -0.962. The highest BCUT2D eigenvalue weighted by Gasteiger charge is 2.28. The van der Waals surface area contributed by atoms with Gasteiger partial charge in [0.1, 0.15) is 31.5 Å². The van der Waals surface area contributed by atoms with Crippen molar-refractivity contribution < 1.29 is 14.7 Å². The maximum absolute atomic E-state index is 10.7. The molecule has 27 heavy (non-hydrogen) atoms. The normalized spacial score (nSPS) is 14.3. The Bertz CT molecular complexity index is 865. The van der Waals surface area contributed by atoms with E-state index >= 15 is 0 Å². The van der Waals surface area contributed by atoms with E-state index in [1.807, 2.05) is 30.5 Å². The highest BCUT2D eigenvalue weighted by molar-refractivity contribution is 5.89. The maximum Gasteiger partial charge on any atom is 0.137 e. The summed E-state index contributed by atoms with van der Waals surface area (Å²) in [7, 11) is 0. The molecule has 1 heterocycles. The predicted octanol–water partition coefficient (Wildman–Crippen LogP) is 3.10. The summed E-state index contributed by atoms with van der Waals surface area (Å²) in [6.07, 6.45) is 1.46. The first kappa shape index (κ1) is 19.5. The molecule has 0 saturated heterocycles. The van der Waals surface area contributed by atoms with Crippen molar-refractivity contribution in [3.63, 3.8) is 0 Å². The zero-order chi connectivity index (χ0) is 19.4. The number of fused-ring (bicyclic) bond motifs is 1. The fourth-order valence-electron chi connectivity index (χ4n) is 3.45. The lowest BCUT2D eigenvalue weighted by Crippen LogP contribution is -3.18. The van der Waals surface area contributed by atoms with Crippen LogP contribution in [0.15, 0.2) is 54.7 Å². The van der Waals surface area contributed by atoms with Gasteiger partial charge < -0.3 is 19.7 Å². The lowest BCUT2D eigenvalue weighted by atomic mass is 10.0. The van der Waals surface area contributed by atoms with Gasteiger partial charge in [0.05, 0.1) is 5.54 Å². The molecule has 2 aromatic carbocycles. The summed E-state index contributed by atoms with van der Waals surface area (Å²) in [5.74, 6) is 0.825. The van der Waals surface area contributed by atoms with Crippen LogP contribution in [0.25, 0.3) is 10.9 Å². The van der Waals surface area contributed by atoms with Gasteiger partial charge >= 0.3 is 0 Å². The van der Waals surface area contributed by atoms with E-state index in [4.69, 9.17) is 4.74 Å². The number of aliphatic hydroxyl groups is 1. The van der Waals surface area contributed by atoms with Crippen LogP contribution in [0.3, 0.4) is 0 Å². The molecule has 3 N–H and O–H groups in total. The Morgan fingerprint density at radius 2 is 1.81 bits per heavy atom. The third-order valence-corrected chi connectivity index (χ3v) is 5.10. The molecule has 0 aliphatic carbocycles. The first-order chi connectivity index (χ1) is 12.8. The minimum Gasteiger partial charge on any atom is -0.490 e. The van der Waals surface area contributed by atoms with Crippen LogP contribution in [-0.2, 0) is 6.54 Å². The van der Waals surface area contributed by atoms with Crippen molar-refractivity contribution in [2.75, 3.05) is 13.2 Å². The Morgan fingerprint density at radius 1 is 1.07 bits per heavy atom. The highest BCUT2D eigenvalue weighted by atomic mass is 16.5. The van der Waals surface area contributed by atoms with Gasteiger partial charge in [0.25, 0.3) is 0 Å². The summed E-state index contributed by atoms with van der Waals surface area (Å²) in [6, 6.07) is 16.4. The van der Waals surface area contributed by atoms with Gasteiger partial charge in [-0.3, -0.25) is 0 Å². The monoisotopic (exact) mass is 367 g/mol. The van der Waals surface area contributed by atoms with Crippen LogP contribution < -0.4 is 9.64 Å². The number of H-pyrrole nitrogens is 1. The number of aromatic amines is 1. The molecule has 0 radical (unpaired) electrons. The molecule has 0 bridgehead atoms. The second-order valence-electron chi connectivity index (χ2n) is 8.34. The van der Waals surface area contributed by atoms with Crippen LogP contribution in [0.4, 0.5) is 0 Å². The van der Waals surface area contributed by atoms with E-state index in [0.29, 0.717) is 6.54 Å². The van der Waals surface area contributed by atoms with Gasteiger partial charge in [-0.05, 0) is 45.4 Å². The average molecular weight is 368 g/mol. The first-order valence-electron chi connectivity index (χ1n) is 9.61. The number of hydrogen-bond acceptors (Lipinski definition) is 2. The van der Waals surface area contributed by atoms with Gasteiger partial charge in [-0.25, -0.2) is 0 Å². The second kappa shape index (κ2) is 8.15. The molecular weight excluding hydrogens is 336 g/mol. The van der Waals surface area contributed by atoms with E-state index < -0.39 is 6.10 Å². The summed E-state index contributed by atoms with van der Waals surface area (Å²) in [5.41, 5.74) is 3.53. The van der Waals surface area contributed by atoms with Crippen molar-refractivity contribution in [2.24, 2.45) is 0 Å². The second-order valence-corrected chi connectivity index (χ2v) is 8.34. The van der Waals surface area contributed by atoms with Crippen LogP contribution in [0, 0.1) is 6.92 Å². The van der Waals surface area contributed by atoms with E-state index in [0.717, 1.165) is 28.8 Å². The van der Waals surface area contributed by atoms with E-state index in [1.54, 1.807) is 0 Å². The van der Waals surface area contributed by atoms with Gasteiger partial charge in [0.15, 0.2) is 0 Å². The number of aryl methyl sites for hydroxylation is 1. The van der Waals surface area contributed by atoms with Gasteiger partial charge in [-0.15, -0.1) is 0 Å². The molecule has 1 aromatic heterocycles. The van der Waals surface area contributed by atoms with Crippen molar-refractivity contribution in [3.05, 3.63) is 65.9 Å². The largest absolute Gasteiger partial charge is 0.490 e. The molecule has 4 nitrogen and oxygen atoms in total. The lowest BCUT2D eigenvalue weighted by Gasteiger charge is -2.34. The van der Waals surface area contributed by atoms with Crippen molar-refractivity contribution in [2.45, 2.75) is 45.9 Å². The smallest absolute Gasteiger partial charge is 0.137 e. The minimum atomic E-state index is -0.530. The van der Waals surface area contributed by atoms with E-state index in [2.05, 4.69) is 56.9 Å². The molecule has 3 rings (SSSR count).